The van der Waals surface area contributed by atoms with E-state index in [1.807, 2.05) is 6.92 Å². The van der Waals surface area contributed by atoms with E-state index in [2.05, 4.69) is 6.92 Å². The van der Waals surface area contributed by atoms with Gasteiger partial charge in [-0.25, -0.2) is 0 Å². The number of ketones is 1. The molecule has 0 bridgehead atoms. The first-order valence-corrected chi connectivity index (χ1v) is 9.36. The molecular weight excluding hydrogens is 292 g/mol. The van der Waals surface area contributed by atoms with Gasteiger partial charge in [-0.3, -0.25) is 4.79 Å². The van der Waals surface area contributed by atoms with Crippen molar-refractivity contribution in [1.82, 2.24) is 0 Å². The zero-order chi connectivity index (χ0) is 16.6. The number of Topliss-reactive ketones (excluding diaryl/α,β-unsaturated/α-hetero) is 1. The summed E-state index contributed by atoms with van der Waals surface area (Å²) in [5.74, 6) is 1.03. The van der Waals surface area contributed by atoms with Crippen molar-refractivity contribution in [2.45, 2.75) is 77.1 Å². The average Bonchev–Trinajstić information content (AvgIpc) is 2.80. The third-order valence-corrected chi connectivity index (χ3v) is 8.47. The van der Waals surface area contributed by atoms with Gasteiger partial charge in [-0.2, -0.15) is 0 Å². The molecule has 9 atom stereocenters. The van der Waals surface area contributed by atoms with Crippen molar-refractivity contribution in [3.63, 3.8) is 0 Å². The molecule has 3 unspecified atom stereocenters. The summed E-state index contributed by atoms with van der Waals surface area (Å²) < 4.78 is 0. The molecule has 0 aromatic heterocycles. The Morgan fingerprint density at radius 2 is 1.74 bits per heavy atom. The summed E-state index contributed by atoms with van der Waals surface area (Å²) in [6, 6.07) is 0. The van der Waals surface area contributed by atoms with Crippen molar-refractivity contribution in [2.24, 2.45) is 34.5 Å². The molecule has 0 spiro atoms. The zero-order valence-corrected chi connectivity index (χ0v) is 14.2. The zero-order valence-electron chi connectivity index (χ0n) is 14.2. The third-order valence-electron chi connectivity index (χ3n) is 8.47. The normalized spacial score (nSPS) is 59.2. The van der Waals surface area contributed by atoms with Crippen LogP contribution in [0.1, 0.15) is 58.8 Å². The monoisotopic (exact) mass is 322 g/mol. The minimum atomic E-state index is -0.653. The van der Waals surface area contributed by atoms with Gasteiger partial charge < -0.3 is 15.3 Å². The Morgan fingerprint density at radius 1 is 1.00 bits per heavy atom. The van der Waals surface area contributed by atoms with Gasteiger partial charge in [0.1, 0.15) is 5.78 Å². The topological polar surface area (TPSA) is 77.8 Å². The highest BCUT2D eigenvalue weighted by Crippen LogP contribution is 2.65. The van der Waals surface area contributed by atoms with E-state index in [0.29, 0.717) is 18.8 Å². The third kappa shape index (κ3) is 1.98. The minimum Gasteiger partial charge on any atom is -0.393 e. The van der Waals surface area contributed by atoms with Crippen LogP contribution in [0.15, 0.2) is 0 Å². The number of hydrogen-bond acceptors (Lipinski definition) is 4. The Hall–Kier alpha value is -0.450. The predicted molar refractivity (Wildman–Crippen MR) is 85.5 cm³/mol. The second kappa shape index (κ2) is 5.03. The highest BCUT2D eigenvalue weighted by atomic mass is 16.3. The van der Waals surface area contributed by atoms with Crippen LogP contribution in [0.4, 0.5) is 0 Å². The van der Waals surface area contributed by atoms with Gasteiger partial charge in [-0.15, -0.1) is 0 Å². The summed E-state index contributed by atoms with van der Waals surface area (Å²) in [6.07, 6.45) is 4.07. The fourth-order valence-electron chi connectivity index (χ4n) is 6.96. The van der Waals surface area contributed by atoms with Crippen molar-refractivity contribution in [1.29, 1.82) is 0 Å². The number of hydrogen-bond donors (Lipinski definition) is 3. The molecule has 4 nitrogen and oxygen atoms in total. The summed E-state index contributed by atoms with van der Waals surface area (Å²) >= 11 is 0. The van der Waals surface area contributed by atoms with E-state index in [4.69, 9.17) is 0 Å². The Balaban J connectivity index is 1.72. The van der Waals surface area contributed by atoms with Gasteiger partial charge in [-0.05, 0) is 74.5 Å². The number of aliphatic hydroxyl groups excluding tert-OH is 3. The molecule has 4 fully saturated rings. The lowest BCUT2D eigenvalue weighted by Gasteiger charge is -2.62. The van der Waals surface area contributed by atoms with E-state index < -0.39 is 17.6 Å². The van der Waals surface area contributed by atoms with Gasteiger partial charge in [-0.1, -0.05) is 6.92 Å². The van der Waals surface area contributed by atoms with Crippen LogP contribution in [0.5, 0.6) is 0 Å². The van der Waals surface area contributed by atoms with Crippen LogP contribution in [0, 0.1) is 34.5 Å². The van der Waals surface area contributed by atoms with Crippen molar-refractivity contribution in [3.05, 3.63) is 0 Å². The number of rotatable bonds is 0. The van der Waals surface area contributed by atoms with Crippen LogP contribution < -0.4 is 0 Å². The molecule has 0 saturated heterocycles. The Labute approximate surface area is 138 Å². The second-order valence-corrected chi connectivity index (χ2v) is 9.22. The average molecular weight is 322 g/mol. The molecule has 4 saturated carbocycles. The quantitative estimate of drug-likeness (QED) is 0.636. The minimum absolute atomic E-state index is 0.0804. The van der Waals surface area contributed by atoms with Crippen molar-refractivity contribution >= 4 is 5.78 Å². The summed E-state index contributed by atoms with van der Waals surface area (Å²) in [6.45, 7) is 4.24. The second-order valence-electron chi connectivity index (χ2n) is 9.22. The SMILES string of the molecule is C[C@]12CC[C@@H](O)C[C@H]1C[C@@H](O)C1C2C[C@H](O)[C@]2(C)C(=O)CCC12. The summed E-state index contributed by atoms with van der Waals surface area (Å²) in [5.41, 5.74) is -0.573. The largest absolute Gasteiger partial charge is 0.393 e. The molecule has 0 radical (unpaired) electrons. The number of aliphatic hydroxyl groups is 3. The van der Waals surface area contributed by atoms with E-state index in [-0.39, 0.29) is 35.1 Å². The van der Waals surface area contributed by atoms with Gasteiger partial charge in [0.25, 0.3) is 0 Å². The van der Waals surface area contributed by atoms with Gasteiger partial charge in [0.05, 0.1) is 23.7 Å². The molecule has 130 valence electrons. The smallest absolute Gasteiger partial charge is 0.141 e. The van der Waals surface area contributed by atoms with Crippen molar-refractivity contribution < 1.29 is 20.1 Å². The van der Waals surface area contributed by atoms with E-state index in [1.54, 1.807) is 0 Å². The highest BCUT2D eigenvalue weighted by Gasteiger charge is 2.65. The first-order chi connectivity index (χ1) is 10.8. The molecule has 4 heteroatoms. The number of fused-ring (bicyclic) bond motifs is 5. The van der Waals surface area contributed by atoms with Gasteiger partial charge >= 0.3 is 0 Å². The number of carbonyl (C=O) groups is 1. The van der Waals surface area contributed by atoms with Crippen LogP contribution in [0.25, 0.3) is 0 Å². The molecule has 3 N–H and O–H groups in total. The summed E-state index contributed by atoms with van der Waals surface area (Å²) in [7, 11) is 0. The molecule has 0 aliphatic heterocycles. The molecule has 0 amide bonds. The van der Waals surface area contributed by atoms with Gasteiger partial charge in [0.15, 0.2) is 0 Å². The fourth-order valence-corrected chi connectivity index (χ4v) is 6.96. The van der Waals surface area contributed by atoms with Crippen LogP contribution in [0.2, 0.25) is 0 Å². The summed E-state index contributed by atoms with van der Waals surface area (Å²) in [4.78, 5) is 12.5. The lowest BCUT2D eigenvalue weighted by molar-refractivity contribution is -0.197. The lowest BCUT2D eigenvalue weighted by atomic mass is 9.44. The molecule has 23 heavy (non-hydrogen) atoms. The van der Waals surface area contributed by atoms with Crippen LogP contribution >= 0.6 is 0 Å². The van der Waals surface area contributed by atoms with Crippen molar-refractivity contribution in [3.8, 4) is 0 Å². The number of carbonyl (C=O) groups excluding carboxylic acids is 1. The molecule has 0 aromatic carbocycles. The predicted octanol–water partition coefficient (Wildman–Crippen LogP) is 1.90. The van der Waals surface area contributed by atoms with E-state index >= 15 is 0 Å². The van der Waals surface area contributed by atoms with Gasteiger partial charge in [0, 0.05) is 6.42 Å². The molecule has 4 aliphatic carbocycles. The molecule has 4 rings (SSSR count). The summed E-state index contributed by atoms with van der Waals surface area (Å²) in [5, 5.41) is 31.8. The maximum absolute atomic E-state index is 12.5. The van der Waals surface area contributed by atoms with Gasteiger partial charge in [0.2, 0.25) is 0 Å². The fraction of sp³-hybridized carbons (Fsp3) is 0.947. The first kappa shape index (κ1) is 16.0. The highest BCUT2D eigenvalue weighted by molar-refractivity contribution is 5.87. The molecule has 4 aliphatic rings. The van der Waals surface area contributed by atoms with E-state index in [1.165, 1.54) is 0 Å². The Bertz CT molecular complexity index is 519. The standard InChI is InChI=1S/C19H30O4/c1-18-6-5-11(20)7-10(18)8-14(21)17-12-3-4-15(22)19(12,2)16(23)9-13(17)18/h10-14,16-17,20-21,23H,3-9H2,1-2H3/t10-,11+,12?,13?,14+,16-,17?,18-,19-/m0/s1. The molecular formula is C19H30O4. The van der Waals surface area contributed by atoms with Crippen LogP contribution in [-0.4, -0.2) is 39.4 Å². The maximum atomic E-state index is 12.5. The molecule has 0 heterocycles. The van der Waals surface area contributed by atoms with Crippen LogP contribution in [-0.2, 0) is 4.79 Å². The Morgan fingerprint density at radius 3 is 2.48 bits per heavy atom. The van der Waals surface area contributed by atoms with E-state index in [0.717, 1.165) is 32.1 Å². The van der Waals surface area contributed by atoms with E-state index in [9.17, 15) is 20.1 Å². The van der Waals surface area contributed by atoms with Crippen LogP contribution in [0.3, 0.4) is 0 Å². The lowest BCUT2D eigenvalue weighted by Crippen LogP contribution is -2.62. The Kier molecular flexibility index (Phi) is 3.51. The first-order valence-electron chi connectivity index (χ1n) is 9.36. The maximum Gasteiger partial charge on any atom is 0.141 e. The molecule has 0 aromatic rings. The van der Waals surface area contributed by atoms with Crippen molar-refractivity contribution in [2.75, 3.05) is 0 Å².